The maximum atomic E-state index is 11.3. The molecule has 0 aromatic carbocycles. The van der Waals surface area contributed by atoms with Crippen LogP contribution < -0.4 is 10.5 Å². The molecule has 14 heavy (non-hydrogen) atoms. The van der Waals surface area contributed by atoms with Crippen LogP contribution in [0.2, 0.25) is 0 Å². The molecule has 82 valence electrons. The first-order chi connectivity index (χ1) is 6.47. The van der Waals surface area contributed by atoms with Gasteiger partial charge < -0.3 is 5.73 Å². The van der Waals surface area contributed by atoms with Crippen molar-refractivity contribution in [2.75, 3.05) is 6.54 Å². The molecule has 0 aromatic rings. The summed E-state index contributed by atoms with van der Waals surface area (Å²) < 4.78 is 24.8. The summed E-state index contributed by atoms with van der Waals surface area (Å²) in [7, 11) is -3.39. The van der Waals surface area contributed by atoms with Crippen molar-refractivity contribution in [3.05, 3.63) is 0 Å². The average Bonchev–Trinajstić information content (AvgIpc) is 2.85. The molecular weight excluding hydrogens is 204 g/mol. The summed E-state index contributed by atoms with van der Waals surface area (Å²) in [6, 6.07) is 0. The van der Waals surface area contributed by atoms with Crippen molar-refractivity contribution in [2.45, 2.75) is 31.4 Å². The van der Waals surface area contributed by atoms with E-state index in [0.29, 0.717) is 25.8 Å². The Bertz CT molecular complexity index is 309. The molecule has 0 spiro atoms. The van der Waals surface area contributed by atoms with Crippen LogP contribution in [0.5, 0.6) is 0 Å². The average molecular weight is 220 g/mol. The van der Waals surface area contributed by atoms with E-state index in [1.54, 1.807) is 6.92 Å². The number of sulfonamides is 1. The van der Waals surface area contributed by atoms with E-state index in [1.165, 1.54) is 0 Å². The lowest BCUT2D eigenvalue weighted by Crippen LogP contribution is -2.37. The van der Waals surface area contributed by atoms with Crippen LogP contribution in [0.1, 0.15) is 26.2 Å². The highest BCUT2D eigenvalue weighted by Gasteiger charge is 2.37. The Morgan fingerprint density at radius 2 is 2.14 bits per heavy atom. The lowest BCUT2D eigenvalue weighted by atomic mass is 10.1. The number of hydrogen-bond donors (Lipinski definition) is 2. The van der Waals surface area contributed by atoms with Crippen molar-refractivity contribution in [1.29, 1.82) is 0 Å². The zero-order valence-corrected chi connectivity index (χ0v) is 9.01. The molecule has 1 aliphatic rings. The monoisotopic (exact) mass is 220 g/mol. The van der Waals surface area contributed by atoms with Gasteiger partial charge in [-0.25, -0.2) is 8.42 Å². The molecule has 1 fully saturated rings. The molecule has 1 atom stereocenters. The van der Waals surface area contributed by atoms with E-state index in [9.17, 15) is 13.2 Å². The SMILES string of the molecule is CC(CCN)C(=O)NS(=O)(=O)C1CC1. The second-order valence-electron chi connectivity index (χ2n) is 3.69. The predicted molar refractivity (Wildman–Crippen MR) is 52.9 cm³/mol. The summed E-state index contributed by atoms with van der Waals surface area (Å²) in [5.41, 5.74) is 5.27. The van der Waals surface area contributed by atoms with Gasteiger partial charge in [-0.15, -0.1) is 0 Å². The fraction of sp³-hybridized carbons (Fsp3) is 0.875. The van der Waals surface area contributed by atoms with Gasteiger partial charge >= 0.3 is 0 Å². The highest BCUT2D eigenvalue weighted by Crippen LogP contribution is 2.27. The molecule has 0 radical (unpaired) electrons. The lowest BCUT2D eigenvalue weighted by molar-refractivity contribution is -0.122. The van der Waals surface area contributed by atoms with Gasteiger partial charge in [0.25, 0.3) is 0 Å². The smallest absolute Gasteiger partial charge is 0.237 e. The van der Waals surface area contributed by atoms with Crippen LogP contribution >= 0.6 is 0 Å². The summed E-state index contributed by atoms with van der Waals surface area (Å²) in [6.45, 7) is 2.06. The van der Waals surface area contributed by atoms with Gasteiger partial charge in [0.15, 0.2) is 0 Å². The van der Waals surface area contributed by atoms with Crippen molar-refractivity contribution < 1.29 is 13.2 Å². The Morgan fingerprint density at radius 1 is 1.57 bits per heavy atom. The second-order valence-corrected chi connectivity index (χ2v) is 5.65. The Balaban J connectivity index is 2.47. The molecule has 0 heterocycles. The maximum absolute atomic E-state index is 11.3. The van der Waals surface area contributed by atoms with Crippen molar-refractivity contribution >= 4 is 15.9 Å². The Morgan fingerprint density at radius 3 is 2.57 bits per heavy atom. The van der Waals surface area contributed by atoms with Gasteiger partial charge in [-0.3, -0.25) is 9.52 Å². The molecule has 0 saturated heterocycles. The number of amides is 1. The minimum absolute atomic E-state index is 0.339. The summed E-state index contributed by atoms with van der Waals surface area (Å²) >= 11 is 0. The van der Waals surface area contributed by atoms with E-state index >= 15 is 0 Å². The molecule has 1 amide bonds. The number of hydrogen-bond acceptors (Lipinski definition) is 4. The standard InChI is InChI=1S/C8H16N2O3S/c1-6(4-5-9)8(11)10-14(12,13)7-2-3-7/h6-7H,2-5,9H2,1H3,(H,10,11). The summed E-state index contributed by atoms with van der Waals surface area (Å²) in [6.07, 6.45) is 1.83. The zero-order valence-electron chi connectivity index (χ0n) is 8.19. The van der Waals surface area contributed by atoms with Crippen LogP contribution in [0.25, 0.3) is 0 Å². The number of carbonyl (C=O) groups is 1. The van der Waals surface area contributed by atoms with Crippen molar-refractivity contribution in [3.8, 4) is 0 Å². The topological polar surface area (TPSA) is 89.3 Å². The molecule has 1 rings (SSSR count). The fourth-order valence-corrected chi connectivity index (χ4v) is 2.49. The van der Waals surface area contributed by atoms with Crippen LogP contribution in [-0.2, 0) is 14.8 Å². The zero-order chi connectivity index (χ0) is 10.8. The van der Waals surface area contributed by atoms with Crippen molar-refractivity contribution in [3.63, 3.8) is 0 Å². The highest BCUT2D eigenvalue weighted by molar-refractivity contribution is 7.90. The Labute approximate surface area is 84.1 Å². The van der Waals surface area contributed by atoms with E-state index < -0.39 is 15.9 Å². The molecule has 6 heteroatoms. The first kappa shape index (κ1) is 11.5. The minimum atomic E-state index is -3.39. The number of nitrogens with two attached hydrogens (primary N) is 1. The molecule has 5 nitrogen and oxygen atoms in total. The molecule has 1 unspecified atom stereocenters. The van der Waals surface area contributed by atoms with Gasteiger partial charge in [-0.05, 0) is 25.8 Å². The molecule has 1 saturated carbocycles. The van der Waals surface area contributed by atoms with E-state index in [-0.39, 0.29) is 11.2 Å². The van der Waals surface area contributed by atoms with Crippen molar-refractivity contribution in [2.24, 2.45) is 11.7 Å². The third-order valence-electron chi connectivity index (χ3n) is 2.25. The Hall–Kier alpha value is -0.620. The van der Waals surface area contributed by atoms with Crippen LogP contribution in [0.15, 0.2) is 0 Å². The minimum Gasteiger partial charge on any atom is -0.330 e. The van der Waals surface area contributed by atoms with Gasteiger partial charge in [0, 0.05) is 5.92 Å². The third kappa shape index (κ3) is 2.95. The largest absolute Gasteiger partial charge is 0.330 e. The predicted octanol–water partition coefficient (Wildman–Crippen LogP) is -0.420. The van der Waals surface area contributed by atoms with E-state index in [0.717, 1.165) is 0 Å². The van der Waals surface area contributed by atoms with Crippen LogP contribution in [0.3, 0.4) is 0 Å². The molecule has 3 N–H and O–H groups in total. The summed E-state index contributed by atoms with van der Waals surface area (Å²) in [5.74, 6) is -0.782. The van der Waals surface area contributed by atoms with Gasteiger partial charge in [0.1, 0.15) is 0 Å². The summed E-state index contributed by atoms with van der Waals surface area (Å²) in [5, 5.41) is -0.350. The van der Waals surface area contributed by atoms with E-state index in [1.807, 2.05) is 0 Å². The summed E-state index contributed by atoms with van der Waals surface area (Å²) in [4.78, 5) is 11.3. The van der Waals surface area contributed by atoms with Crippen LogP contribution in [0.4, 0.5) is 0 Å². The second kappa shape index (κ2) is 4.27. The van der Waals surface area contributed by atoms with E-state index in [2.05, 4.69) is 4.72 Å². The van der Waals surface area contributed by atoms with E-state index in [4.69, 9.17) is 5.73 Å². The first-order valence-corrected chi connectivity index (χ1v) is 6.27. The normalized spacial score (nSPS) is 19.0. The number of carbonyl (C=O) groups excluding carboxylic acids is 1. The van der Waals surface area contributed by atoms with Gasteiger partial charge in [0.2, 0.25) is 15.9 Å². The lowest BCUT2D eigenvalue weighted by Gasteiger charge is -2.10. The van der Waals surface area contributed by atoms with Gasteiger partial charge in [-0.1, -0.05) is 6.92 Å². The fourth-order valence-electron chi connectivity index (χ4n) is 1.08. The highest BCUT2D eigenvalue weighted by atomic mass is 32.2. The Kier molecular flexibility index (Phi) is 3.49. The van der Waals surface area contributed by atoms with Gasteiger partial charge in [-0.2, -0.15) is 0 Å². The van der Waals surface area contributed by atoms with Crippen LogP contribution in [0, 0.1) is 5.92 Å². The molecule has 0 aromatic heterocycles. The number of nitrogens with one attached hydrogen (secondary N) is 1. The maximum Gasteiger partial charge on any atom is 0.237 e. The van der Waals surface area contributed by atoms with Gasteiger partial charge in [0.05, 0.1) is 5.25 Å². The molecule has 0 bridgehead atoms. The quantitative estimate of drug-likeness (QED) is 0.658. The van der Waals surface area contributed by atoms with Crippen molar-refractivity contribution in [1.82, 2.24) is 4.72 Å². The molecule has 1 aliphatic carbocycles. The molecule has 0 aliphatic heterocycles. The number of rotatable bonds is 5. The van der Waals surface area contributed by atoms with Crippen LogP contribution in [-0.4, -0.2) is 26.1 Å². The third-order valence-corrected chi connectivity index (χ3v) is 4.09. The molecular formula is C8H16N2O3S. The first-order valence-electron chi connectivity index (χ1n) is 4.73.